The van der Waals surface area contributed by atoms with E-state index in [4.69, 9.17) is 0 Å². The molecular weight excluding hydrogens is 380 g/mol. The third kappa shape index (κ3) is 10.6. The molecule has 0 atom stereocenters. The van der Waals surface area contributed by atoms with Crippen molar-refractivity contribution in [2.45, 2.75) is 65.5 Å². The van der Waals surface area contributed by atoms with E-state index in [1.54, 1.807) is 0 Å². The summed E-state index contributed by atoms with van der Waals surface area (Å²) in [4.78, 5) is 0. The van der Waals surface area contributed by atoms with Gasteiger partial charge in [0.05, 0.1) is 53.4 Å². The van der Waals surface area contributed by atoms with Gasteiger partial charge in [0.15, 0.2) is 0 Å². The predicted molar refractivity (Wildman–Crippen MR) is 82.7 cm³/mol. The van der Waals surface area contributed by atoms with Crippen molar-refractivity contribution >= 4 is 0 Å². The average Bonchev–Trinajstić information content (AvgIpc) is 2.22. The normalized spacial score (nSPS) is 12.3. The van der Waals surface area contributed by atoms with Gasteiger partial charge in [0.25, 0.3) is 0 Å². The molecule has 0 aliphatic rings. The van der Waals surface area contributed by atoms with Crippen molar-refractivity contribution in [3.05, 3.63) is 0 Å². The molecular formula is C16H38Br2N2. The lowest BCUT2D eigenvalue weighted by Crippen LogP contribution is -3.00. The molecule has 4 heteroatoms. The molecule has 0 aliphatic heterocycles. The van der Waals surface area contributed by atoms with Crippen LogP contribution in [0.15, 0.2) is 0 Å². The van der Waals surface area contributed by atoms with Gasteiger partial charge in [0, 0.05) is 0 Å². The number of hydrogen-bond donors (Lipinski definition) is 0. The predicted octanol–water partition coefficient (Wildman–Crippen LogP) is -2.48. The Labute approximate surface area is 149 Å². The topological polar surface area (TPSA) is 0 Å². The molecule has 0 aromatic heterocycles. The second-order valence-electron chi connectivity index (χ2n) is 7.61. The molecule has 0 aromatic carbocycles. The molecule has 126 valence electrons. The van der Waals surface area contributed by atoms with E-state index in [2.05, 4.69) is 55.9 Å². The molecule has 0 aromatic rings. The molecule has 0 unspecified atom stereocenters. The first kappa shape index (κ1) is 25.8. The van der Waals surface area contributed by atoms with Crippen LogP contribution in [0.3, 0.4) is 0 Å². The Balaban J connectivity index is -0.00000144. The van der Waals surface area contributed by atoms with Crippen LogP contribution in [-0.4, -0.2) is 62.3 Å². The van der Waals surface area contributed by atoms with Crippen LogP contribution in [0.25, 0.3) is 0 Å². The van der Waals surface area contributed by atoms with Crippen LogP contribution in [0.5, 0.6) is 0 Å². The van der Waals surface area contributed by atoms with Crippen LogP contribution >= 0.6 is 0 Å². The highest BCUT2D eigenvalue weighted by Crippen LogP contribution is 2.12. The molecule has 0 saturated heterocycles. The minimum atomic E-state index is 0. The maximum Gasteiger partial charge on any atom is 0.0829 e. The monoisotopic (exact) mass is 416 g/mol. The second-order valence-corrected chi connectivity index (χ2v) is 7.61. The third-order valence-electron chi connectivity index (χ3n) is 5.01. The highest BCUT2D eigenvalue weighted by molar-refractivity contribution is 4.47. The summed E-state index contributed by atoms with van der Waals surface area (Å²) < 4.78 is 2.32. The maximum absolute atomic E-state index is 2.35. The van der Waals surface area contributed by atoms with E-state index in [1.165, 1.54) is 38.8 Å². The van der Waals surface area contributed by atoms with Crippen LogP contribution in [0.4, 0.5) is 0 Å². The summed E-state index contributed by atoms with van der Waals surface area (Å²) in [5.41, 5.74) is 0. The van der Waals surface area contributed by atoms with Gasteiger partial charge in [-0.2, -0.15) is 0 Å². The summed E-state index contributed by atoms with van der Waals surface area (Å²) in [5.74, 6) is 0. The molecule has 0 fully saturated rings. The van der Waals surface area contributed by atoms with Gasteiger partial charge >= 0.3 is 0 Å². The van der Waals surface area contributed by atoms with Crippen LogP contribution in [-0.2, 0) is 0 Å². The van der Waals surface area contributed by atoms with E-state index < -0.39 is 0 Å². The zero-order valence-electron chi connectivity index (χ0n) is 15.0. The summed E-state index contributed by atoms with van der Waals surface area (Å²) in [6.45, 7) is 11.9. The lowest BCUT2D eigenvalue weighted by molar-refractivity contribution is -0.912. The van der Waals surface area contributed by atoms with Crippen molar-refractivity contribution in [2.75, 3.05) is 41.3 Å². The number of nitrogens with zero attached hydrogens (tertiary/aromatic N) is 2. The van der Waals surface area contributed by atoms with Crippen molar-refractivity contribution in [3.8, 4) is 0 Å². The molecule has 0 amide bonds. The minimum absolute atomic E-state index is 0. The van der Waals surface area contributed by atoms with Gasteiger partial charge in [-0.3, -0.25) is 0 Å². The van der Waals surface area contributed by atoms with Gasteiger partial charge in [-0.05, 0) is 53.4 Å². The maximum atomic E-state index is 2.35. The molecule has 0 spiro atoms. The number of rotatable bonds is 9. The van der Waals surface area contributed by atoms with Crippen molar-refractivity contribution in [3.63, 3.8) is 0 Å². The smallest absolute Gasteiger partial charge is 0.0829 e. The molecule has 0 rings (SSSR count). The Kier molecular flexibility index (Phi) is 14.8. The van der Waals surface area contributed by atoms with E-state index in [9.17, 15) is 0 Å². The molecule has 0 aliphatic carbocycles. The van der Waals surface area contributed by atoms with Gasteiger partial charge in [-0.15, -0.1) is 0 Å². The van der Waals surface area contributed by atoms with Gasteiger partial charge < -0.3 is 42.9 Å². The standard InChI is InChI=1S/C16H38N2.2BrH/c1-15(2)17(5,6)13-11-9-10-12-14-18(7,8)16(3)4;;/h15-16H,9-14H2,1-8H3;2*1H/q+2;;/p-2. The van der Waals surface area contributed by atoms with E-state index in [1.807, 2.05) is 0 Å². The van der Waals surface area contributed by atoms with Crippen LogP contribution in [0.2, 0.25) is 0 Å². The van der Waals surface area contributed by atoms with Gasteiger partial charge in [-0.1, -0.05) is 0 Å². The molecule has 0 bridgehead atoms. The Morgan fingerprint density at radius 2 is 0.800 bits per heavy atom. The first-order valence-corrected chi connectivity index (χ1v) is 7.75. The van der Waals surface area contributed by atoms with Gasteiger partial charge in [-0.25, -0.2) is 0 Å². The van der Waals surface area contributed by atoms with E-state index in [-0.39, 0.29) is 34.0 Å². The summed E-state index contributed by atoms with van der Waals surface area (Å²) in [6.07, 6.45) is 5.54. The summed E-state index contributed by atoms with van der Waals surface area (Å²) in [5, 5.41) is 0. The van der Waals surface area contributed by atoms with Crippen molar-refractivity contribution in [1.82, 2.24) is 0 Å². The molecule has 0 radical (unpaired) electrons. The Bertz CT molecular complexity index is 203. The van der Waals surface area contributed by atoms with Crippen LogP contribution < -0.4 is 34.0 Å². The lowest BCUT2D eigenvalue weighted by Gasteiger charge is -2.35. The Morgan fingerprint density at radius 1 is 0.550 bits per heavy atom. The fourth-order valence-electron chi connectivity index (χ4n) is 1.91. The molecule has 2 nitrogen and oxygen atoms in total. The zero-order valence-corrected chi connectivity index (χ0v) is 18.2. The number of unbranched alkanes of at least 4 members (excludes halogenated alkanes) is 3. The highest BCUT2D eigenvalue weighted by Gasteiger charge is 2.20. The van der Waals surface area contributed by atoms with Crippen molar-refractivity contribution in [2.24, 2.45) is 0 Å². The zero-order chi connectivity index (χ0) is 14.4. The Morgan fingerprint density at radius 3 is 1.00 bits per heavy atom. The van der Waals surface area contributed by atoms with Crippen molar-refractivity contribution < 1.29 is 42.9 Å². The summed E-state index contributed by atoms with van der Waals surface area (Å²) in [7, 11) is 9.40. The van der Waals surface area contributed by atoms with E-state index >= 15 is 0 Å². The lowest BCUT2D eigenvalue weighted by atomic mass is 10.1. The fourth-order valence-corrected chi connectivity index (χ4v) is 1.91. The Hall–Kier alpha value is 0.880. The van der Waals surface area contributed by atoms with Gasteiger partial charge in [0.2, 0.25) is 0 Å². The first-order valence-electron chi connectivity index (χ1n) is 7.75. The van der Waals surface area contributed by atoms with E-state index in [0.717, 1.165) is 21.0 Å². The molecule has 0 N–H and O–H groups in total. The third-order valence-corrected chi connectivity index (χ3v) is 5.01. The average molecular weight is 418 g/mol. The first-order chi connectivity index (χ1) is 8.09. The number of quaternary nitrogens is 2. The van der Waals surface area contributed by atoms with Crippen LogP contribution in [0.1, 0.15) is 53.4 Å². The highest BCUT2D eigenvalue weighted by atomic mass is 79.9. The van der Waals surface area contributed by atoms with E-state index in [0.29, 0.717) is 0 Å². The quantitative estimate of drug-likeness (QED) is 0.288. The number of hydrogen-bond acceptors (Lipinski definition) is 0. The SMILES string of the molecule is CC(C)[N+](C)(C)CCCCCC[N+](C)(C)C(C)C.[Br-].[Br-]. The minimum Gasteiger partial charge on any atom is -1.00 e. The largest absolute Gasteiger partial charge is 1.00 e. The van der Waals surface area contributed by atoms with Crippen LogP contribution in [0, 0.1) is 0 Å². The number of halogens is 2. The summed E-state index contributed by atoms with van der Waals surface area (Å²) >= 11 is 0. The van der Waals surface area contributed by atoms with Gasteiger partial charge in [0.1, 0.15) is 0 Å². The molecule has 20 heavy (non-hydrogen) atoms. The molecule has 0 heterocycles. The van der Waals surface area contributed by atoms with Crippen molar-refractivity contribution in [1.29, 1.82) is 0 Å². The fraction of sp³-hybridized carbons (Fsp3) is 1.00. The summed E-state index contributed by atoms with van der Waals surface area (Å²) in [6, 6.07) is 1.48. The second kappa shape index (κ2) is 11.4. The molecule has 0 saturated carbocycles.